The molecule has 0 aliphatic carbocycles. The fourth-order valence-electron chi connectivity index (χ4n) is 5.71. The molecule has 2 atom stereocenters. The summed E-state index contributed by atoms with van der Waals surface area (Å²) < 4.78 is 68.0. The molecular formula is C24H32F3N7O3S. The average Bonchev–Trinajstić information content (AvgIpc) is 3.60. The van der Waals surface area contributed by atoms with E-state index in [4.69, 9.17) is 0 Å². The zero-order chi connectivity index (χ0) is 27.2. The third-order valence-electron chi connectivity index (χ3n) is 7.56. The summed E-state index contributed by atoms with van der Waals surface area (Å²) in [5.74, 6) is 0.440. The van der Waals surface area contributed by atoms with Gasteiger partial charge in [0.25, 0.3) is 0 Å². The lowest BCUT2D eigenvalue weighted by Crippen LogP contribution is -2.41. The number of nitrogens with one attached hydrogen (secondary N) is 1. The Balaban J connectivity index is 1.20. The molecule has 0 bridgehead atoms. The van der Waals surface area contributed by atoms with Crippen molar-refractivity contribution in [3.05, 3.63) is 41.6 Å². The number of hydrazine groups is 1. The molecule has 1 aromatic carbocycles. The van der Waals surface area contributed by atoms with Crippen LogP contribution in [-0.2, 0) is 22.7 Å². The molecule has 1 aromatic heterocycles. The Labute approximate surface area is 220 Å². The summed E-state index contributed by atoms with van der Waals surface area (Å²) in [5.41, 5.74) is 0.279. The largest absolute Gasteiger partial charge is 0.416 e. The second-order valence-corrected chi connectivity index (χ2v) is 12.2. The minimum Gasteiger partial charge on any atom is -0.372 e. The summed E-state index contributed by atoms with van der Waals surface area (Å²) in [6.45, 7) is 3.98. The van der Waals surface area contributed by atoms with Gasteiger partial charge in [0.05, 0.1) is 11.8 Å². The molecule has 4 heterocycles. The molecule has 38 heavy (non-hydrogen) atoms. The highest BCUT2D eigenvalue weighted by atomic mass is 32.2. The molecule has 3 aliphatic rings. The van der Waals surface area contributed by atoms with Crippen LogP contribution in [0.3, 0.4) is 0 Å². The van der Waals surface area contributed by atoms with Crippen molar-refractivity contribution in [2.75, 3.05) is 62.2 Å². The van der Waals surface area contributed by atoms with Crippen molar-refractivity contribution in [3.8, 4) is 0 Å². The van der Waals surface area contributed by atoms with Gasteiger partial charge in [0, 0.05) is 70.8 Å². The molecular weight excluding hydrogens is 523 g/mol. The molecule has 14 heteroatoms. The number of halogens is 3. The zero-order valence-corrected chi connectivity index (χ0v) is 22.2. The number of likely N-dealkylation sites (tertiary alicyclic amines) is 1. The summed E-state index contributed by atoms with van der Waals surface area (Å²) in [4.78, 5) is 16.6. The van der Waals surface area contributed by atoms with Crippen molar-refractivity contribution in [1.82, 2.24) is 24.7 Å². The first-order chi connectivity index (χ1) is 17.9. The van der Waals surface area contributed by atoms with E-state index in [1.807, 2.05) is 9.91 Å². The Hall–Kier alpha value is -2.84. The molecule has 5 rings (SSSR count). The maximum absolute atomic E-state index is 13.9. The first-order valence-corrected chi connectivity index (χ1v) is 14.5. The van der Waals surface area contributed by atoms with Gasteiger partial charge < -0.3 is 9.80 Å². The number of alkyl halides is 3. The van der Waals surface area contributed by atoms with E-state index in [2.05, 4.69) is 14.8 Å². The maximum Gasteiger partial charge on any atom is 0.416 e. The number of hydrogen-bond acceptors (Lipinski definition) is 7. The van der Waals surface area contributed by atoms with Crippen LogP contribution in [0.4, 0.5) is 29.5 Å². The fourth-order valence-corrected chi connectivity index (χ4v) is 6.20. The van der Waals surface area contributed by atoms with Gasteiger partial charge >= 0.3 is 12.2 Å². The first kappa shape index (κ1) is 26.8. The second-order valence-electron chi connectivity index (χ2n) is 10.4. The Morgan fingerprint density at radius 1 is 1.11 bits per heavy atom. The molecule has 3 saturated heterocycles. The summed E-state index contributed by atoms with van der Waals surface area (Å²) in [6.07, 6.45) is -0.0222. The number of anilines is 2. The van der Waals surface area contributed by atoms with E-state index < -0.39 is 21.8 Å². The summed E-state index contributed by atoms with van der Waals surface area (Å²) >= 11 is 0. The van der Waals surface area contributed by atoms with Crippen LogP contribution in [0.15, 0.2) is 30.5 Å². The molecule has 1 amide bonds. The van der Waals surface area contributed by atoms with Crippen LogP contribution in [0.25, 0.3) is 0 Å². The van der Waals surface area contributed by atoms with Crippen LogP contribution in [-0.4, -0.2) is 91.7 Å². The van der Waals surface area contributed by atoms with Gasteiger partial charge in [0.2, 0.25) is 10.0 Å². The Morgan fingerprint density at radius 2 is 1.76 bits per heavy atom. The predicted octanol–water partition coefficient (Wildman–Crippen LogP) is 2.75. The summed E-state index contributed by atoms with van der Waals surface area (Å²) in [6, 6.07) is 5.75. The Morgan fingerprint density at radius 3 is 2.37 bits per heavy atom. The highest BCUT2D eigenvalue weighted by Crippen LogP contribution is 2.37. The minimum atomic E-state index is -4.43. The second kappa shape index (κ2) is 10.0. The quantitative estimate of drug-likeness (QED) is 0.586. The number of carbonyl (C=O) groups is 1. The normalized spacial score (nSPS) is 22.5. The van der Waals surface area contributed by atoms with E-state index >= 15 is 0 Å². The number of carbonyl (C=O) groups excluding carboxylic acids is 1. The smallest absolute Gasteiger partial charge is 0.372 e. The molecule has 3 fully saturated rings. The Kier molecular flexibility index (Phi) is 7.07. The van der Waals surface area contributed by atoms with E-state index in [1.54, 1.807) is 24.1 Å². The molecule has 0 radical (unpaired) electrons. The number of nitrogens with zero attached hydrogens (tertiary/aromatic N) is 6. The first-order valence-electron chi connectivity index (χ1n) is 12.6. The summed E-state index contributed by atoms with van der Waals surface area (Å²) in [5, 5.41) is 7.92. The monoisotopic (exact) mass is 555 g/mol. The van der Waals surface area contributed by atoms with Crippen LogP contribution < -0.4 is 9.62 Å². The number of benzene rings is 1. The number of hydrogen-bond donors (Lipinski definition) is 1. The van der Waals surface area contributed by atoms with Gasteiger partial charge in [-0.2, -0.15) is 17.9 Å². The zero-order valence-electron chi connectivity index (χ0n) is 21.4. The number of fused-ring (bicyclic) bond motifs is 1. The molecule has 0 saturated carbocycles. The third-order valence-corrected chi connectivity index (χ3v) is 8.14. The standard InChI is InChI=1S/C24H32F3N7O3S/c1-30(12-17-5-6-20(31-8-3-4-9-31)11-21(17)24(25,26)27)33-15-18-13-32(14-19(18)16-33)23(35)34-10-7-22(28-34)29-38(2,36)37/h5-7,10-11,18-19H,3-4,8-9,12-16H2,1-2H3,(H,28,29)/t18-,19+. The molecule has 0 spiro atoms. The van der Waals surface area contributed by atoms with Crippen LogP contribution in [0.1, 0.15) is 24.0 Å². The maximum atomic E-state index is 13.9. The van der Waals surface area contributed by atoms with Crippen molar-refractivity contribution in [1.29, 1.82) is 0 Å². The van der Waals surface area contributed by atoms with Crippen LogP contribution in [0.2, 0.25) is 0 Å². The number of aromatic nitrogens is 2. The van der Waals surface area contributed by atoms with Gasteiger partial charge in [-0.15, -0.1) is 5.10 Å². The number of rotatable bonds is 6. The van der Waals surface area contributed by atoms with Gasteiger partial charge in [0.15, 0.2) is 5.82 Å². The van der Waals surface area contributed by atoms with E-state index in [1.165, 1.54) is 18.3 Å². The van der Waals surface area contributed by atoms with E-state index in [0.29, 0.717) is 31.9 Å². The third kappa shape index (κ3) is 5.76. The topological polar surface area (TPSA) is 94.0 Å². The molecule has 3 aliphatic heterocycles. The minimum absolute atomic E-state index is 0.0692. The van der Waals surface area contributed by atoms with Crippen molar-refractivity contribution >= 4 is 27.6 Å². The molecule has 0 unspecified atom stereocenters. The fraction of sp³-hybridized carbons (Fsp3) is 0.583. The highest BCUT2D eigenvalue weighted by Gasteiger charge is 2.43. The lowest BCUT2D eigenvalue weighted by atomic mass is 10.0. The van der Waals surface area contributed by atoms with Crippen molar-refractivity contribution in [2.24, 2.45) is 11.8 Å². The Bertz CT molecular complexity index is 1280. The molecule has 2 aromatic rings. The van der Waals surface area contributed by atoms with E-state index in [-0.39, 0.29) is 35.8 Å². The number of sulfonamides is 1. The van der Waals surface area contributed by atoms with E-state index in [9.17, 15) is 26.4 Å². The molecule has 1 N–H and O–H groups in total. The molecule has 10 nitrogen and oxygen atoms in total. The van der Waals surface area contributed by atoms with Crippen molar-refractivity contribution in [2.45, 2.75) is 25.6 Å². The van der Waals surface area contributed by atoms with Crippen LogP contribution in [0, 0.1) is 11.8 Å². The van der Waals surface area contributed by atoms with E-state index in [0.717, 1.165) is 36.9 Å². The van der Waals surface area contributed by atoms with Gasteiger partial charge in [0.1, 0.15) is 0 Å². The van der Waals surface area contributed by atoms with Crippen LogP contribution >= 0.6 is 0 Å². The number of amides is 1. The van der Waals surface area contributed by atoms with Gasteiger partial charge in [-0.3, -0.25) is 4.72 Å². The van der Waals surface area contributed by atoms with Crippen LogP contribution in [0.5, 0.6) is 0 Å². The van der Waals surface area contributed by atoms with Gasteiger partial charge in [-0.05, 0) is 42.4 Å². The van der Waals surface area contributed by atoms with Crippen molar-refractivity contribution < 1.29 is 26.4 Å². The lowest BCUT2D eigenvalue weighted by molar-refractivity contribution is -0.138. The van der Waals surface area contributed by atoms with Gasteiger partial charge in [-0.1, -0.05) is 6.07 Å². The summed E-state index contributed by atoms with van der Waals surface area (Å²) in [7, 11) is -1.70. The van der Waals surface area contributed by atoms with Crippen molar-refractivity contribution in [3.63, 3.8) is 0 Å². The average molecular weight is 556 g/mol. The lowest BCUT2D eigenvalue weighted by Gasteiger charge is -2.31. The predicted molar refractivity (Wildman–Crippen MR) is 136 cm³/mol. The SMILES string of the molecule is CN(Cc1ccc(N2CCCC2)cc1C(F)(F)F)N1C[C@H]2CN(C(=O)n3ccc(NS(C)(=O)=O)n3)C[C@H]2C1. The molecule has 208 valence electrons. The highest BCUT2D eigenvalue weighted by molar-refractivity contribution is 7.92. The van der Waals surface area contributed by atoms with Gasteiger partial charge in [-0.25, -0.2) is 23.2 Å².